The van der Waals surface area contributed by atoms with Crippen LogP contribution in [0.5, 0.6) is 0 Å². The average molecular weight is 754 g/mol. The second-order valence-electron chi connectivity index (χ2n) is 14.1. The summed E-state index contributed by atoms with van der Waals surface area (Å²) in [6.07, 6.45) is 12.6. The molecule has 2 aliphatic heterocycles. The van der Waals surface area contributed by atoms with Crippen molar-refractivity contribution in [3.63, 3.8) is 0 Å². The van der Waals surface area contributed by atoms with Crippen LogP contribution in [0.1, 0.15) is 85.0 Å². The van der Waals surface area contributed by atoms with Gasteiger partial charge in [0.1, 0.15) is 28.4 Å². The highest BCUT2D eigenvalue weighted by Crippen LogP contribution is 2.62. The van der Waals surface area contributed by atoms with E-state index in [-0.39, 0.29) is 53.4 Å². The molecule has 5 heterocycles. The molecular weight excluding hydrogens is 712 g/mol. The molecule has 7 rings (SSSR count). The van der Waals surface area contributed by atoms with Crippen molar-refractivity contribution in [1.29, 1.82) is 0 Å². The Morgan fingerprint density at radius 2 is 1.86 bits per heavy atom. The molecule has 3 atom stereocenters. The summed E-state index contributed by atoms with van der Waals surface area (Å²) >= 11 is 3.43. The van der Waals surface area contributed by atoms with E-state index in [1.807, 2.05) is 31.2 Å². The number of rotatable bonds is 7. The molecule has 2 bridgehead atoms. The smallest absolute Gasteiger partial charge is 0.245 e. The van der Waals surface area contributed by atoms with E-state index in [1.54, 1.807) is 29.1 Å². The Bertz CT molecular complexity index is 2070. The number of benzene rings is 1. The summed E-state index contributed by atoms with van der Waals surface area (Å²) in [4.78, 5) is 69.9. The summed E-state index contributed by atoms with van der Waals surface area (Å²) in [7, 11) is 1.60. The fourth-order valence-corrected chi connectivity index (χ4v) is 8.31. The van der Waals surface area contributed by atoms with Crippen molar-refractivity contribution in [2.24, 2.45) is 5.41 Å². The zero-order valence-electron chi connectivity index (χ0n) is 29.2. The Morgan fingerprint density at radius 3 is 2.63 bits per heavy atom. The van der Waals surface area contributed by atoms with E-state index in [1.165, 1.54) is 6.92 Å². The van der Waals surface area contributed by atoms with E-state index in [9.17, 15) is 19.2 Å². The third-order valence-corrected chi connectivity index (χ3v) is 11.1. The number of halogens is 1. The lowest BCUT2D eigenvalue weighted by Gasteiger charge is -2.27. The number of allylic oxidation sites excluding steroid dienone is 2. The number of carbonyl (C=O) groups excluding carboxylic acids is 4. The van der Waals surface area contributed by atoms with Gasteiger partial charge in [0.25, 0.3) is 0 Å². The van der Waals surface area contributed by atoms with Crippen molar-refractivity contribution < 1.29 is 23.9 Å². The first-order chi connectivity index (χ1) is 24.6. The monoisotopic (exact) mass is 752 g/mol. The summed E-state index contributed by atoms with van der Waals surface area (Å²) in [5.41, 5.74) is 4.70. The van der Waals surface area contributed by atoms with E-state index in [0.717, 1.165) is 41.5 Å². The summed E-state index contributed by atoms with van der Waals surface area (Å²) < 4.78 is 7.63. The van der Waals surface area contributed by atoms with E-state index in [0.29, 0.717) is 65.7 Å². The van der Waals surface area contributed by atoms with Gasteiger partial charge >= 0.3 is 0 Å². The third kappa shape index (κ3) is 7.08. The normalized spacial score (nSPS) is 22.2. The topological polar surface area (TPSA) is 137 Å². The van der Waals surface area contributed by atoms with Gasteiger partial charge in [0.15, 0.2) is 11.6 Å². The van der Waals surface area contributed by atoms with Crippen LogP contribution in [0, 0.1) is 12.3 Å². The maximum Gasteiger partial charge on any atom is 0.245 e. The quantitative estimate of drug-likeness (QED) is 0.124. The van der Waals surface area contributed by atoms with Gasteiger partial charge in [0.2, 0.25) is 5.91 Å². The molecule has 3 aromatic heterocycles. The van der Waals surface area contributed by atoms with Crippen LogP contribution in [0.2, 0.25) is 0 Å². The molecule has 0 spiro atoms. The van der Waals surface area contributed by atoms with Gasteiger partial charge in [-0.1, -0.05) is 18.2 Å². The molecule has 0 N–H and O–H groups in total. The lowest BCUT2D eigenvalue weighted by molar-refractivity contribution is -0.139. The van der Waals surface area contributed by atoms with Gasteiger partial charge in [-0.15, -0.1) is 0 Å². The van der Waals surface area contributed by atoms with Crippen LogP contribution in [-0.2, 0) is 45.1 Å². The largest absolute Gasteiger partial charge is 0.380 e. The number of hydrogen-bond acceptors (Lipinski definition) is 9. The SMILES string of the molecule is COCc1ccc(Br)nc1CC(=O)[C@@H]1C[C@]23CCC(=O)CCCC=CCc4cc(-c5cnc(C)nc5)cc5c(C(C)=O)nn(c45)CC(=O)N1[C@@H]2C3. The van der Waals surface area contributed by atoms with Crippen LogP contribution >= 0.6 is 15.9 Å². The molecule has 1 saturated heterocycles. The molecule has 11 nitrogen and oxygen atoms in total. The van der Waals surface area contributed by atoms with E-state index in [4.69, 9.17) is 9.84 Å². The number of amides is 1. The minimum atomic E-state index is -0.661. The van der Waals surface area contributed by atoms with E-state index < -0.39 is 6.04 Å². The minimum absolute atomic E-state index is 0.0511. The highest BCUT2D eigenvalue weighted by atomic mass is 79.9. The fourth-order valence-electron chi connectivity index (χ4n) is 7.96. The van der Waals surface area contributed by atoms with Crippen LogP contribution in [0.3, 0.4) is 0 Å². The predicted octanol–water partition coefficient (Wildman–Crippen LogP) is 6.11. The maximum atomic E-state index is 14.5. The lowest BCUT2D eigenvalue weighted by Crippen LogP contribution is -2.45. The first-order valence-corrected chi connectivity index (χ1v) is 18.3. The second-order valence-corrected chi connectivity index (χ2v) is 15.0. The van der Waals surface area contributed by atoms with Crippen LogP contribution in [0.15, 0.2) is 53.4 Å². The minimum Gasteiger partial charge on any atom is -0.380 e. The second kappa shape index (κ2) is 14.3. The predicted molar refractivity (Wildman–Crippen MR) is 194 cm³/mol. The number of ketones is 3. The molecular formula is C39H41BrN6O5. The first kappa shape index (κ1) is 35.0. The summed E-state index contributed by atoms with van der Waals surface area (Å²) in [6, 6.07) is 6.87. The Hall–Kier alpha value is -4.42. The molecule has 0 unspecified atom stereocenters. The zero-order chi connectivity index (χ0) is 35.9. The number of carbonyl (C=O) groups is 4. The Kier molecular flexibility index (Phi) is 9.82. The molecule has 4 aromatic rings. The van der Waals surface area contributed by atoms with E-state index in [2.05, 4.69) is 43.0 Å². The van der Waals surface area contributed by atoms with Crippen molar-refractivity contribution >= 4 is 50.1 Å². The fraction of sp³-hybridized carbons (Fsp3) is 0.436. The van der Waals surface area contributed by atoms with Crippen molar-refractivity contribution in [2.45, 2.75) is 96.9 Å². The molecule has 1 saturated carbocycles. The number of pyridine rings is 1. The standard InChI is InChI=1S/C39H41BrN6O5/c1-23(47)37-30-15-27(28-19-41-24(2)42-20-28)14-25-8-6-4-5-7-9-29(48)12-13-39-17-32(33(49)16-31-26(22-51-3)10-11-35(40)43-31)46(34(39)18-39)36(50)21-45(44-37)38(25)30/h4,6,10-11,14-15,19-20,32,34H,5,7-9,12-13,16-18,21-22H2,1-3H3/t32-,34+,39-/m0/s1. The zero-order valence-corrected chi connectivity index (χ0v) is 30.7. The van der Waals surface area contributed by atoms with Gasteiger partial charge < -0.3 is 9.64 Å². The van der Waals surface area contributed by atoms with Gasteiger partial charge in [-0.3, -0.25) is 23.9 Å². The van der Waals surface area contributed by atoms with Crippen LogP contribution in [0.25, 0.3) is 22.0 Å². The Labute approximate surface area is 305 Å². The number of hydrogen-bond donors (Lipinski definition) is 0. The summed E-state index contributed by atoms with van der Waals surface area (Å²) in [6.45, 7) is 3.49. The summed E-state index contributed by atoms with van der Waals surface area (Å²) in [5.74, 6) is 0.340. The van der Waals surface area contributed by atoms with Gasteiger partial charge in [0.05, 0.1) is 30.3 Å². The van der Waals surface area contributed by atoms with Crippen LogP contribution in [-0.4, -0.2) is 72.1 Å². The first-order valence-electron chi connectivity index (χ1n) is 17.5. The molecule has 264 valence electrons. The van der Waals surface area contributed by atoms with Gasteiger partial charge in [-0.2, -0.15) is 5.10 Å². The molecule has 2 fully saturated rings. The maximum absolute atomic E-state index is 14.5. The summed E-state index contributed by atoms with van der Waals surface area (Å²) in [5, 5.41) is 5.41. The van der Waals surface area contributed by atoms with Crippen molar-refractivity contribution in [2.75, 3.05) is 7.11 Å². The number of aryl methyl sites for hydroxylation is 1. The van der Waals surface area contributed by atoms with E-state index >= 15 is 0 Å². The molecule has 1 aliphatic carbocycles. The average Bonchev–Trinajstić information content (AvgIpc) is 3.51. The Balaban J connectivity index is 1.29. The lowest BCUT2D eigenvalue weighted by atomic mass is 9.90. The van der Waals surface area contributed by atoms with Crippen molar-refractivity contribution in [3.05, 3.63) is 81.8 Å². The third-order valence-electron chi connectivity index (χ3n) is 10.6. The number of Topliss-reactive ketones (excluding diaryl/α,β-unsaturated/α-hetero) is 3. The molecule has 12 heteroatoms. The van der Waals surface area contributed by atoms with Crippen LogP contribution in [0.4, 0.5) is 0 Å². The number of piperidine rings is 1. The number of nitrogens with zero attached hydrogens (tertiary/aromatic N) is 6. The Morgan fingerprint density at radius 1 is 1.06 bits per heavy atom. The van der Waals surface area contributed by atoms with Gasteiger partial charge in [-0.25, -0.2) is 15.0 Å². The highest BCUT2D eigenvalue weighted by molar-refractivity contribution is 9.10. The van der Waals surface area contributed by atoms with Crippen molar-refractivity contribution in [3.8, 4) is 11.1 Å². The molecule has 51 heavy (non-hydrogen) atoms. The highest BCUT2D eigenvalue weighted by Gasteiger charge is 2.66. The number of ether oxygens (including phenoxy) is 1. The van der Waals surface area contributed by atoms with Crippen LogP contribution < -0.4 is 0 Å². The van der Waals surface area contributed by atoms with Gasteiger partial charge in [0, 0.05) is 56.3 Å². The van der Waals surface area contributed by atoms with Crippen molar-refractivity contribution in [1.82, 2.24) is 29.6 Å². The molecule has 0 radical (unpaired) electrons. The molecule has 1 amide bonds. The van der Waals surface area contributed by atoms with Gasteiger partial charge in [-0.05, 0) is 102 Å². The number of methoxy groups -OCH3 is 1. The number of aromatic nitrogens is 5. The molecule has 1 aromatic carbocycles. The molecule has 3 aliphatic rings.